The van der Waals surface area contributed by atoms with E-state index < -0.39 is 0 Å². The fraction of sp³-hybridized carbons (Fsp3) is 0.909. The highest BCUT2D eigenvalue weighted by atomic mass is 16.5. The summed E-state index contributed by atoms with van der Waals surface area (Å²) in [4.78, 5) is 15.6. The van der Waals surface area contributed by atoms with E-state index in [2.05, 4.69) is 4.90 Å². The van der Waals surface area contributed by atoms with Gasteiger partial charge in [0.25, 0.3) is 0 Å². The molecule has 0 fully saturated rings. The van der Waals surface area contributed by atoms with E-state index in [0.29, 0.717) is 19.7 Å². The first kappa shape index (κ1) is 15.3. The number of amides is 1. The van der Waals surface area contributed by atoms with E-state index in [4.69, 9.17) is 10.5 Å². The standard InChI is InChI=1S/C11H25N3O2/c1-4-14(8-9-16-3)10-11(15)13(2)7-5-6-12/h4-10,12H2,1-3H3. The van der Waals surface area contributed by atoms with Crippen LogP contribution in [0.4, 0.5) is 0 Å². The summed E-state index contributed by atoms with van der Waals surface area (Å²) < 4.78 is 5.00. The predicted octanol–water partition coefficient (Wildman–Crippen LogP) is -0.238. The maximum absolute atomic E-state index is 11.8. The van der Waals surface area contributed by atoms with Crippen molar-refractivity contribution in [2.75, 3.05) is 53.5 Å². The molecule has 5 heteroatoms. The summed E-state index contributed by atoms with van der Waals surface area (Å²) in [6.45, 7) is 6.18. The van der Waals surface area contributed by atoms with Gasteiger partial charge in [-0.2, -0.15) is 0 Å². The first-order valence-electron chi connectivity index (χ1n) is 5.81. The maximum atomic E-state index is 11.8. The van der Waals surface area contributed by atoms with Crippen molar-refractivity contribution in [3.63, 3.8) is 0 Å². The summed E-state index contributed by atoms with van der Waals surface area (Å²) in [5.41, 5.74) is 5.41. The van der Waals surface area contributed by atoms with Crippen molar-refractivity contribution in [2.45, 2.75) is 13.3 Å². The second-order valence-electron chi connectivity index (χ2n) is 3.82. The second-order valence-corrected chi connectivity index (χ2v) is 3.82. The molecule has 5 nitrogen and oxygen atoms in total. The highest BCUT2D eigenvalue weighted by Crippen LogP contribution is 1.93. The van der Waals surface area contributed by atoms with Crippen LogP contribution in [-0.4, -0.2) is 69.2 Å². The van der Waals surface area contributed by atoms with Gasteiger partial charge in [0, 0.05) is 27.2 Å². The van der Waals surface area contributed by atoms with Gasteiger partial charge in [-0.1, -0.05) is 6.92 Å². The van der Waals surface area contributed by atoms with Crippen molar-refractivity contribution >= 4 is 5.91 Å². The zero-order valence-corrected chi connectivity index (χ0v) is 10.7. The lowest BCUT2D eigenvalue weighted by molar-refractivity contribution is -0.131. The molecule has 0 heterocycles. The Balaban J connectivity index is 3.88. The van der Waals surface area contributed by atoms with Crippen LogP contribution in [0.2, 0.25) is 0 Å². The van der Waals surface area contributed by atoms with Crippen LogP contribution in [0, 0.1) is 0 Å². The van der Waals surface area contributed by atoms with E-state index >= 15 is 0 Å². The number of ether oxygens (including phenoxy) is 1. The minimum atomic E-state index is 0.145. The third-order valence-electron chi connectivity index (χ3n) is 2.54. The van der Waals surface area contributed by atoms with Crippen molar-refractivity contribution in [3.05, 3.63) is 0 Å². The van der Waals surface area contributed by atoms with Gasteiger partial charge in [-0.25, -0.2) is 0 Å². The number of hydrogen-bond donors (Lipinski definition) is 1. The van der Waals surface area contributed by atoms with Gasteiger partial charge in [0.1, 0.15) is 0 Å². The fourth-order valence-corrected chi connectivity index (χ4v) is 1.33. The van der Waals surface area contributed by atoms with Crippen molar-refractivity contribution < 1.29 is 9.53 Å². The lowest BCUT2D eigenvalue weighted by Gasteiger charge is -2.23. The van der Waals surface area contributed by atoms with Gasteiger partial charge in [0.15, 0.2) is 0 Å². The van der Waals surface area contributed by atoms with Crippen LogP contribution in [0.15, 0.2) is 0 Å². The van der Waals surface area contributed by atoms with E-state index in [0.717, 1.165) is 26.1 Å². The molecule has 0 aliphatic rings. The van der Waals surface area contributed by atoms with Gasteiger partial charge >= 0.3 is 0 Å². The molecule has 0 rings (SSSR count). The van der Waals surface area contributed by atoms with Crippen molar-refractivity contribution in [1.82, 2.24) is 9.80 Å². The largest absolute Gasteiger partial charge is 0.383 e. The average Bonchev–Trinajstić information content (AvgIpc) is 2.30. The van der Waals surface area contributed by atoms with Crippen LogP contribution in [0.5, 0.6) is 0 Å². The van der Waals surface area contributed by atoms with E-state index in [1.165, 1.54) is 0 Å². The lowest BCUT2D eigenvalue weighted by atomic mass is 10.3. The molecule has 0 saturated carbocycles. The second kappa shape index (κ2) is 9.57. The molecule has 0 unspecified atom stereocenters. The number of nitrogens with zero attached hydrogens (tertiary/aromatic N) is 2. The molecule has 96 valence electrons. The molecular weight excluding hydrogens is 206 g/mol. The molecule has 0 atom stereocenters. The summed E-state index contributed by atoms with van der Waals surface area (Å²) in [5, 5.41) is 0. The zero-order valence-electron chi connectivity index (χ0n) is 10.7. The zero-order chi connectivity index (χ0) is 12.4. The quantitative estimate of drug-likeness (QED) is 0.595. The molecule has 0 saturated heterocycles. The molecule has 2 N–H and O–H groups in total. The molecule has 0 aliphatic carbocycles. The molecule has 0 bridgehead atoms. The highest BCUT2D eigenvalue weighted by Gasteiger charge is 2.12. The Morgan fingerprint density at radius 3 is 2.56 bits per heavy atom. The Bertz CT molecular complexity index is 188. The third-order valence-corrected chi connectivity index (χ3v) is 2.54. The van der Waals surface area contributed by atoms with Crippen molar-refractivity contribution in [1.29, 1.82) is 0 Å². The molecule has 0 aromatic carbocycles. The van der Waals surface area contributed by atoms with Gasteiger partial charge in [0.2, 0.25) is 5.91 Å². The smallest absolute Gasteiger partial charge is 0.236 e. The first-order chi connectivity index (χ1) is 7.65. The molecule has 16 heavy (non-hydrogen) atoms. The number of likely N-dealkylation sites (N-methyl/N-ethyl adjacent to an activating group) is 2. The lowest BCUT2D eigenvalue weighted by Crippen LogP contribution is -2.40. The summed E-state index contributed by atoms with van der Waals surface area (Å²) in [5.74, 6) is 0.145. The molecule has 0 aliphatic heterocycles. The number of nitrogens with two attached hydrogens (primary N) is 1. The Hall–Kier alpha value is -0.650. The Kier molecular flexibility index (Phi) is 9.18. The Morgan fingerprint density at radius 1 is 1.38 bits per heavy atom. The monoisotopic (exact) mass is 231 g/mol. The van der Waals surface area contributed by atoms with Crippen LogP contribution in [0.3, 0.4) is 0 Å². The summed E-state index contributed by atoms with van der Waals surface area (Å²) in [7, 11) is 3.49. The fourth-order valence-electron chi connectivity index (χ4n) is 1.33. The van der Waals surface area contributed by atoms with Crippen LogP contribution >= 0.6 is 0 Å². The van der Waals surface area contributed by atoms with Gasteiger partial charge in [-0.15, -0.1) is 0 Å². The number of methoxy groups -OCH3 is 1. The maximum Gasteiger partial charge on any atom is 0.236 e. The average molecular weight is 231 g/mol. The number of carbonyl (C=O) groups is 1. The SMILES string of the molecule is CCN(CCOC)CC(=O)N(C)CCCN. The van der Waals surface area contributed by atoms with E-state index in [-0.39, 0.29) is 5.91 Å². The van der Waals surface area contributed by atoms with Crippen LogP contribution in [0.1, 0.15) is 13.3 Å². The molecule has 1 amide bonds. The highest BCUT2D eigenvalue weighted by molar-refractivity contribution is 5.77. The third kappa shape index (κ3) is 6.76. The van der Waals surface area contributed by atoms with Crippen LogP contribution in [0.25, 0.3) is 0 Å². The number of carbonyl (C=O) groups excluding carboxylic acids is 1. The molecule has 0 spiro atoms. The minimum absolute atomic E-state index is 0.145. The van der Waals surface area contributed by atoms with Gasteiger partial charge in [-0.05, 0) is 19.5 Å². The Morgan fingerprint density at radius 2 is 2.06 bits per heavy atom. The Labute approximate surface area is 98.5 Å². The van der Waals surface area contributed by atoms with Crippen molar-refractivity contribution in [3.8, 4) is 0 Å². The van der Waals surface area contributed by atoms with Gasteiger partial charge in [-0.3, -0.25) is 9.69 Å². The number of rotatable bonds is 9. The normalized spacial score (nSPS) is 10.8. The molecular formula is C11H25N3O2. The molecule has 0 radical (unpaired) electrons. The van der Waals surface area contributed by atoms with Crippen LogP contribution in [-0.2, 0) is 9.53 Å². The van der Waals surface area contributed by atoms with E-state index in [1.807, 2.05) is 14.0 Å². The minimum Gasteiger partial charge on any atom is -0.383 e. The van der Waals surface area contributed by atoms with Gasteiger partial charge < -0.3 is 15.4 Å². The topological polar surface area (TPSA) is 58.8 Å². The number of hydrogen-bond acceptors (Lipinski definition) is 4. The first-order valence-corrected chi connectivity index (χ1v) is 5.81. The van der Waals surface area contributed by atoms with Crippen LogP contribution < -0.4 is 5.73 Å². The van der Waals surface area contributed by atoms with E-state index in [1.54, 1.807) is 12.0 Å². The predicted molar refractivity (Wildman–Crippen MR) is 65.3 cm³/mol. The molecule has 0 aromatic heterocycles. The summed E-state index contributed by atoms with van der Waals surface area (Å²) in [6, 6.07) is 0. The molecule has 0 aromatic rings. The van der Waals surface area contributed by atoms with Gasteiger partial charge in [0.05, 0.1) is 13.2 Å². The summed E-state index contributed by atoms with van der Waals surface area (Å²) in [6.07, 6.45) is 0.854. The van der Waals surface area contributed by atoms with Crippen molar-refractivity contribution in [2.24, 2.45) is 5.73 Å². The van der Waals surface area contributed by atoms with E-state index in [9.17, 15) is 4.79 Å². The summed E-state index contributed by atoms with van der Waals surface area (Å²) >= 11 is 0.